The number of primary amides is 1. The van der Waals surface area contributed by atoms with Crippen LogP contribution in [0.4, 0.5) is 0 Å². The van der Waals surface area contributed by atoms with Gasteiger partial charge >= 0.3 is 0 Å². The number of rotatable bonds is 7. The highest BCUT2D eigenvalue weighted by atomic mass is 16.2. The second-order valence-electron chi connectivity index (χ2n) is 5.19. The molecule has 0 spiro atoms. The fourth-order valence-corrected chi connectivity index (χ4v) is 2.50. The van der Waals surface area contributed by atoms with Crippen molar-refractivity contribution in [1.82, 2.24) is 9.80 Å². The number of carbonyl (C=O) groups is 2. The van der Waals surface area contributed by atoms with Crippen LogP contribution in [0, 0.1) is 12.3 Å². The summed E-state index contributed by atoms with van der Waals surface area (Å²) in [6.45, 7) is 9.68. The van der Waals surface area contributed by atoms with Crippen LogP contribution in [-0.4, -0.2) is 53.8 Å². The monoisotopic (exact) mass is 268 g/mol. The van der Waals surface area contributed by atoms with Gasteiger partial charge in [-0.05, 0) is 25.9 Å². The molecule has 109 valence electrons. The molecule has 1 heterocycles. The third-order valence-corrected chi connectivity index (χ3v) is 3.94. The van der Waals surface area contributed by atoms with E-state index >= 15 is 0 Å². The average Bonchev–Trinajstić information content (AvgIpc) is 2.86. The molecule has 0 saturated carbocycles. The molecule has 5 heteroatoms. The van der Waals surface area contributed by atoms with Crippen LogP contribution >= 0.6 is 0 Å². The van der Waals surface area contributed by atoms with Gasteiger partial charge in [0.2, 0.25) is 11.8 Å². The Bertz CT molecular complexity index is 316. The van der Waals surface area contributed by atoms with Crippen LogP contribution in [0.5, 0.6) is 0 Å². The first kappa shape index (κ1) is 16.0. The summed E-state index contributed by atoms with van der Waals surface area (Å²) in [4.78, 5) is 27.2. The summed E-state index contributed by atoms with van der Waals surface area (Å²) in [5.74, 6) is -0.598. The molecule has 2 N–H and O–H groups in total. The van der Waals surface area contributed by atoms with E-state index in [2.05, 4.69) is 18.7 Å². The molecule has 2 atom stereocenters. The van der Waals surface area contributed by atoms with Crippen molar-refractivity contribution >= 4 is 11.8 Å². The molecule has 19 heavy (non-hydrogen) atoms. The van der Waals surface area contributed by atoms with E-state index in [4.69, 9.17) is 5.73 Å². The van der Waals surface area contributed by atoms with E-state index in [1.54, 1.807) is 13.3 Å². The lowest BCUT2D eigenvalue weighted by Crippen LogP contribution is -2.38. The minimum atomic E-state index is -0.355. The van der Waals surface area contributed by atoms with Crippen LogP contribution in [0.2, 0.25) is 0 Å². The van der Waals surface area contributed by atoms with Gasteiger partial charge in [0.15, 0.2) is 0 Å². The van der Waals surface area contributed by atoms with Crippen molar-refractivity contribution in [3.05, 3.63) is 6.42 Å². The number of amides is 2. The van der Waals surface area contributed by atoms with Crippen LogP contribution in [0.3, 0.4) is 0 Å². The molecule has 5 nitrogen and oxygen atoms in total. The lowest BCUT2D eigenvalue weighted by Gasteiger charge is -2.26. The summed E-state index contributed by atoms with van der Waals surface area (Å²) in [6, 6.07) is 0.473. The number of nitrogens with two attached hydrogens (primary N) is 1. The van der Waals surface area contributed by atoms with Crippen molar-refractivity contribution in [3.63, 3.8) is 0 Å². The van der Waals surface area contributed by atoms with Gasteiger partial charge in [0, 0.05) is 25.0 Å². The largest absolute Gasteiger partial charge is 0.369 e. The van der Waals surface area contributed by atoms with Gasteiger partial charge in [-0.15, -0.1) is 0 Å². The van der Waals surface area contributed by atoms with Gasteiger partial charge in [0.05, 0.1) is 6.42 Å². The number of carbonyl (C=O) groups excluding carboxylic acids is 2. The zero-order chi connectivity index (χ0) is 14.4. The highest BCUT2D eigenvalue weighted by molar-refractivity contribution is 5.86. The summed E-state index contributed by atoms with van der Waals surface area (Å²) in [5, 5.41) is 0. The summed E-state index contributed by atoms with van der Waals surface area (Å²) in [7, 11) is 0. The predicted molar refractivity (Wildman–Crippen MR) is 75.2 cm³/mol. The molecule has 1 radical (unpaired) electrons. The normalized spacial score (nSPS) is 20.8. The molecule has 1 aliphatic heterocycles. The molecule has 0 aromatic carbocycles. The summed E-state index contributed by atoms with van der Waals surface area (Å²) in [6.07, 6.45) is 3.06. The quantitative estimate of drug-likeness (QED) is 0.737. The zero-order valence-corrected chi connectivity index (χ0v) is 12.3. The molecule has 0 aromatic rings. The van der Waals surface area contributed by atoms with E-state index in [1.807, 2.05) is 4.90 Å². The molecule has 1 fully saturated rings. The van der Waals surface area contributed by atoms with Crippen LogP contribution in [-0.2, 0) is 9.59 Å². The Labute approximate surface area is 116 Å². The highest BCUT2D eigenvalue weighted by Crippen LogP contribution is 2.17. The molecule has 1 rings (SSSR count). The number of hydrogen-bond acceptors (Lipinski definition) is 3. The van der Waals surface area contributed by atoms with Crippen LogP contribution < -0.4 is 5.73 Å². The maximum Gasteiger partial charge on any atom is 0.226 e. The van der Waals surface area contributed by atoms with Gasteiger partial charge in [0.1, 0.15) is 0 Å². The van der Waals surface area contributed by atoms with E-state index in [-0.39, 0.29) is 17.7 Å². The van der Waals surface area contributed by atoms with Crippen LogP contribution in [0.1, 0.15) is 33.6 Å². The lowest BCUT2D eigenvalue weighted by molar-refractivity contribution is -0.127. The van der Waals surface area contributed by atoms with Crippen molar-refractivity contribution in [1.29, 1.82) is 0 Å². The van der Waals surface area contributed by atoms with Gasteiger partial charge in [-0.3, -0.25) is 14.5 Å². The third-order valence-electron chi connectivity index (χ3n) is 3.94. The van der Waals surface area contributed by atoms with E-state index < -0.39 is 0 Å². The lowest BCUT2D eigenvalue weighted by atomic mass is 10.0. The van der Waals surface area contributed by atoms with E-state index in [0.29, 0.717) is 12.5 Å². The summed E-state index contributed by atoms with van der Waals surface area (Å²) < 4.78 is 0. The molecule has 1 unspecified atom stereocenters. The van der Waals surface area contributed by atoms with Crippen molar-refractivity contribution in [3.8, 4) is 0 Å². The molecule has 0 aliphatic carbocycles. The molecule has 1 saturated heterocycles. The Morgan fingerprint density at radius 1 is 1.42 bits per heavy atom. The number of nitrogens with zero attached hydrogens (tertiary/aromatic N) is 2. The van der Waals surface area contributed by atoms with E-state index in [0.717, 1.165) is 32.6 Å². The summed E-state index contributed by atoms with van der Waals surface area (Å²) in [5.41, 5.74) is 5.18. The average molecular weight is 268 g/mol. The van der Waals surface area contributed by atoms with E-state index in [1.165, 1.54) is 0 Å². The SMILES string of the molecule is CCN(CC)[C@H]1CCN(C(=O)[CH]CC(C)C(N)=O)C1. The van der Waals surface area contributed by atoms with Crippen molar-refractivity contribution < 1.29 is 9.59 Å². The van der Waals surface area contributed by atoms with E-state index in [9.17, 15) is 9.59 Å². The Hall–Kier alpha value is -1.10. The molecule has 2 amide bonds. The second kappa shape index (κ2) is 7.48. The number of hydrogen-bond donors (Lipinski definition) is 1. The smallest absolute Gasteiger partial charge is 0.226 e. The molecule has 0 bridgehead atoms. The molecule has 0 aromatic heterocycles. The number of likely N-dealkylation sites (tertiary alicyclic amines) is 1. The Morgan fingerprint density at radius 3 is 2.58 bits per heavy atom. The minimum absolute atomic E-state index is 0.0303. The second-order valence-corrected chi connectivity index (χ2v) is 5.19. The Morgan fingerprint density at radius 2 is 2.05 bits per heavy atom. The highest BCUT2D eigenvalue weighted by Gasteiger charge is 2.29. The molecule has 1 aliphatic rings. The Kier molecular flexibility index (Phi) is 6.28. The van der Waals surface area contributed by atoms with Gasteiger partial charge in [-0.25, -0.2) is 0 Å². The first-order valence-electron chi connectivity index (χ1n) is 7.15. The van der Waals surface area contributed by atoms with Gasteiger partial charge in [-0.1, -0.05) is 20.8 Å². The van der Waals surface area contributed by atoms with Gasteiger partial charge in [-0.2, -0.15) is 0 Å². The summed E-state index contributed by atoms with van der Waals surface area (Å²) >= 11 is 0. The van der Waals surface area contributed by atoms with Crippen molar-refractivity contribution in [2.45, 2.75) is 39.7 Å². The number of likely N-dealkylation sites (N-methyl/N-ethyl adjacent to an activating group) is 1. The van der Waals surface area contributed by atoms with Gasteiger partial charge in [0.25, 0.3) is 0 Å². The molecular formula is C14H26N3O2. The third kappa shape index (κ3) is 4.49. The van der Waals surface area contributed by atoms with Crippen molar-refractivity contribution in [2.24, 2.45) is 11.7 Å². The van der Waals surface area contributed by atoms with Crippen LogP contribution in [0.15, 0.2) is 0 Å². The van der Waals surface area contributed by atoms with Gasteiger partial charge < -0.3 is 10.6 Å². The first-order valence-corrected chi connectivity index (χ1v) is 7.15. The predicted octanol–water partition coefficient (Wildman–Crippen LogP) is 0.645. The molecular weight excluding hydrogens is 242 g/mol. The maximum atomic E-state index is 12.0. The fourth-order valence-electron chi connectivity index (χ4n) is 2.50. The van der Waals surface area contributed by atoms with Crippen LogP contribution in [0.25, 0.3) is 0 Å². The first-order chi connectivity index (χ1) is 8.99. The minimum Gasteiger partial charge on any atom is -0.369 e. The zero-order valence-electron chi connectivity index (χ0n) is 12.3. The Balaban J connectivity index is 2.37. The maximum absolute atomic E-state index is 12.0. The standard InChI is InChI=1S/C14H26N3O2/c1-4-16(5-2)12-8-9-17(10-12)13(18)7-6-11(3)14(15)19/h7,11-12H,4-6,8-10H2,1-3H3,(H2,15,19)/t11?,12-/m0/s1. The topological polar surface area (TPSA) is 66.6 Å². The van der Waals surface area contributed by atoms with Crippen molar-refractivity contribution in [2.75, 3.05) is 26.2 Å². The fraction of sp³-hybridized carbons (Fsp3) is 0.786.